The van der Waals surface area contributed by atoms with Gasteiger partial charge < -0.3 is 14.2 Å². The van der Waals surface area contributed by atoms with Gasteiger partial charge in [0.1, 0.15) is 13.2 Å². The molecule has 1 unspecified atom stereocenters. The molecule has 0 aromatic heterocycles. The minimum absolute atomic E-state index is 0.0754. The van der Waals surface area contributed by atoms with Crippen molar-refractivity contribution in [3.63, 3.8) is 0 Å². The second kappa shape index (κ2) is 56.0. The van der Waals surface area contributed by atoms with Crippen molar-refractivity contribution in [2.24, 2.45) is 0 Å². The lowest BCUT2D eigenvalue weighted by atomic mass is 10.1. The molecule has 0 spiro atoms. The van der Waals surface area contributed by atoms with E-state index in [0.29, 0.717) is 19.3 Å². The molecule has 0 aromatic carbocycles. The highest BCUT2D eigenvalue weighted by molar-refractivity contribution is 5.71. The number of rotatable bonds is 53. The predicted octanol–water partition coefficient (Wildman–Crippen LogP) is 19.4. The molecule has 0 amide bonds. The van der Waals surface area contributed by atoms with E-state index in [1.165, 1.54) is 186 Å². The van der Waals surface area contributed by atoms with Crippen molar-refractivity contribution in [2.45, 2.75) is 309 Å². The number of hydrogen-bond donors (Lipinski definition) is 0. The maximum Gasteiger partial charge on any atom is 0.306 e. The van der Waals surface area contributed by atoms with Gasteiger partial charge in [0.25, 0.3) is 0 Å². The van der Waals surface area contributed by atoms with Gasteiger partial charge in [-0.25, -0.2) is 0 Å². The highest BCUT2D eigenvalue weighted by atomic mass is 16.6. The molecular weight excluding hydrogens is 829 g/mol. The molecule has 67 heavy (non-hydrogen) atoms. The van der Waals surface area contributed by atoms with E-state index in [0.717, 1.165) is 77.0 Å². The van der Waals surface area contributed by atoms with Crippen molar-refractivity contribution in [1.29, 1.82) is 0 Å². The SMILES string of the molecule is CCCCCCC/C=C\C/C=C\C/C=C\CCCCCCCCCCCCC(=O)OCC(COC(=O)CCCCCCCCCC)OC(=O)CCCCCCC/C=C\CCCCCCCCC. The Hall–Kier alpha value is -2.63. The first kappa shape index (κ1) is 64.4. The fourth-order valence-electron chi connectivity index (χ4n) is 8.39. The Labute approximate surface area is 416 Å². The highest BCUT2D eigenvalue weighted by Crippen LogP contribution is 2.16. The average Bonchev–Trinajstić information content (AvgIpc) is 3.33. The summed E-state index contributed by atoms with van der Waals surface area (Å²) >= 11 is 0. The van der Waals surface area contributed by atoms with Crippen LogP contribution in [-0.2, 0) is 28.6 Å². The number of unbranched alkanes of at least 4 members (excludes halogenated alkanes) is 34. The van der Waals surface area contributed by atoms with Crippen LogP contribution in [0.25, 0.3) is 0 Å². The van der Waals surface area contributed by atoms with Crippen molar-refractivity contribution < 1.29 is 28.6 Å². The molecule has 390 valence electrons. The molecule has 0 aliphatic carbocycles. The van der Waals surface area contributed by atoms with Gasteiger partial charge in [-0.15, -0.1) is 0 Å². The summed E-state index contributed by atoms with van der Waals surface area (Å²) in [5.74, 6) is -0.880. The molecule has 0 saturated carbocycles. The van der Waals surface area contributed by atoms with E-state index in [9.17, 15) is 14.4 Å². The highest BCUT2D eigenvalue weighted by Gasteiger charge is 2.19. The van der Waals surface area contributed by atoms with E-state index < -0.39 is 6.10 Å². The third kappa shape index (κ3) is 54.2. The van der Waals surface area contributed by atoms with Crippen molar-refractivity contribution >= 4 is 17.9 Å². The summed E-state index contributed by atoms with van der Waals surface area (Å²) in [7, 11) is 0. The Bertz CT molecular complexity index is 1170. The minimum Gasteiger partial charge on any atom is -0.462 e. The molecule has 0 radical (unpaired) electrons. The van der Waals surface area contributed by atoms with Crippen molar-refractivity contribution in [1.82, 2.24) is 0 Å². The molecule has 0 rings (SSSR count). The molecule has 6 heteroatoms. The van der Waals surface area contributed by atoms with Crippen LogP contribution in [0, 0.1) is 0 Å². The molecule has 0 aliphatic rings. The van der Waals surface area contributed by atoms with Crippen LogP contribution in [0.2, 0.25) is 0 Å². The molecule has 0 aliphatic heterocycles. The second-order valence-corrected chi connectivity index (χ2v) is 19.6. The molecule has 0 heterocycles. The van der Waals surface area contributed by atoms with E-state index in [1.54, 1.807) is 0 Å². The summed E-state index contributed by atoms with van der Waals surface area (Å²) in [6, 6.07) is 0. The van der Waals surface area contributed by atoms with Gasteiger partial charge in [-0.2, -0.15) is 0 Å². The van der Waals surface area contributed by atoms with Gasteiger partial charge in [-0.1, -0.05) is 249 Å². The molecule has 0 saturated heterocycles. The van der Waals surface area contributed by atoms with Crippen molar-refractivity contribution in [3.05, 3.63) is 48.6 Å². The number of allylic oxidation sites excluding steroid dienone is 8. The monoisotopic (exact) mass is 939 g/mol. The smallest absolute Gasteiger partial charge is 0.306 e. The first-order valence-corrected chi connectivity index (χ1v) is 29.1. The first-order chi connectivity index (χ1) is 33.0. The van der Waals surface area contributed by atoms with Gasteiger partial charge in [-0.05, 0) is 83.5 Å². The topological polar surface area (TPSA) is 78.9 Å². The average molecular weight is 940 g/mol. The minimum atomic E-state index is -0.775. The number of hydrogen-bond acceptors (Lipinski definition) is 6. The van der Waals surface area contributed by atoms with Gasteiger partial charge in [0.05, 0.1) is 0 Å². The summed E-state index contributed by atoms with van der Waals surface area (Å²) < 4.78 is 16.8. The molecule has 0 aromatic rings. The maximum absolute atomic E-state index is 12.8. The van der Waals surface area contributed by atoms with Crippen LogP contribution in [0.1, 0.15) is 303 Å². The summed E-state index contributed by atoms with van der Waals surface area (Å²) in [6.07, 6.45) is 68.3. The Morgan fingerprint density at radius 2 is 0.537 bits per heavy atom. The largest absolute Gasteiger partial charge is 0.462 e. The number of carbonyl (C=O) groups is 3. The van der Waals surface area contributed by atoms with Gasteiger partial charge in [0.2, 0.25) is 0 Å². The Morgan fingerprint density at radius 3 is 0.851 bits per heavy atom. The lowest BCUT2D eigenvalue weighted by Crippen LogP contribution is -2.30. The van der Waals surface area contributed by atoms with Crippen LogP contribution < -0.4 is 0 Å². The number of ether oxygens (including phenoxy) is 3. The number of carbonyl (C=O) groups excluding carboxylic acids is 3. The van der Waals surface area contributed by atoms with Crippen LogP contribution in [0.15, 0.2) is 48.6 Å². The molecule has 0 fully saturated rings. The third-order valence-electron chi connectivity index (χ3n) is 12.8. The van der Waals surface area contributed by atoms with E-state index in [-0.39, 0.29) is 31.1 Å². The van der Waals surface area contributed by atoms with E-state index in [2.05, 4.69) is 69.4 Å². The molecular formula is C61H110O6. The van der Waals surface area contributed by atoms with Crippen molar-refractivity contribution in [2.75, 3.05) is 13.2 Å². The quantitative estimate of drug-likeness (QED) is 0.0262. The van der Waals surface area contributed by atoms with Gasteiger partial charge >= 0.3 is 17.9 Å². The molecule has 0 bridgehead atoms. The lowest BCUT2D eigenvalue weighted by molar-refractivity contribution is -0.167. The van der Waals surface area contributed by atoms with Gasteiger partial charge in [0, 0.05) is 19.3 Å². The van der Waals surface area contributed by atoms with Crippen LogP contribution in [0.5, 0.6) is 0 Å². The second-order valence-electron chi connectivity index (χ2n) is 19.6. The Morgan fingerprint density at radius 1 is 0.299 bits per heavy atom. The van der Waals surface area contributed by atoms with Crippen LogP contribution in [-0.4, -0.2) is 37.2 Å². The zero-order valence-electron chi connectivity index (χ0n) is 44.7. The molecule has 1 atom stereocenters. The standard InChI is InChI=1S/C61H110O6/c1-4-7-10-13-16-19-21-23-25-27-28-29-30-31-32-33-34-35-37-38-40-42-45-48-51-54-60(63)66-57-58(56-65-59(62)53-50-47-44-18-15-12-9-6-3)67-61(64)55-52-49-46-43-41-39-36-26-24-22-20-17-14-11-8-5-2/h21,23,26-28,30-31,36,58H,4-20,22,24-25,29,32-35,37-57H2,1-3H3/b23-21-,28-27-,31-30-,36-26-. The third-order valence-corrected chi connectivity index (χ3v) is 12.8. The zero-order valence-corrected chi connectivity index (χ0v) is 44.7. The van der Waals surface area contributed by atoms with Crippen LogP contribution in [0.3, 0.4) is 0 Å². The summed E-state index contributed by atoms with van der Waals surface area (Å²) in [5.41, 5.74) is 0. The van der Waals surface area contributed by atoms with E-state index in [4.69, 9.17) is 14.2 Å². The van der Waals surface area contributed by atoms with Gasteiger partial charge in [0.15, 0.2) is 6.10 Å². The normalized spacial score (nSPS) is 12.3. The van der Waals surface area contributed by atoms with Crippen molar-refractivity contribution in [3.8, 4) is 0 Å². The fourth-order valence-corrected chi connectivity index (χ4v) is 8.39. The Kier molecular flexibility index (Phi) is 53.8. The summed E-state index contributed by atoms with van der Waals surface area (Å²) in [5, 5.41) is 0. The lowest BCUT2D eigenvalue weighted by Gasteiger charge is -2.18. The predicted molar refractivity (Wildman–Crippen MR) is 289 cm³/mol. The summed E-state index contributed by atoms with van der Waals surface area (Å²) in [4.78, 5) is 38.0. The van der Waals surface area contributed by atoms with Gasteiger partial charge in [-0.3, -0.25) is 14.4 Å². The fraction of sp³-hybridized carbons (Fsp3) is 0.820. The van der Waals surface area contributed by atoms with Crippen LogP contribution in [0.4, 0.5) is 0 Å². The van der Waals surface area contributed by atoms with E-state index in [1.807, 2.05) is 0 Å². The van der Waals surface area contributed by atoms with E-state index >= 15 is 0 Å². The maximum atomic E-state index is 12.8. The first-order valence-electron chi connectivity index (χ1n) is 29.1. The number of esters is 3. The molecule has 0 N–H and O–H groups in total. The van der Waals surface area contributed by atoms with Crippen LogP contribution >= 0.6 is 0 Å². The summed E-state index contributed by atoms with van der Waals surface area (Å²) in [6.45, 7) is 6.61. The zero-order chi connectivity index (χ0) is 48.6. The Balaban J connectivity index is 4.19. The molecule has 6 nitrogen and oxygen atoms in total.